The SMILES string of the molecule is Cc1ccnc2c1nc(CCCl)n2C1(C)CCS(=O)(=O)C1. The number of hydrogen-bond acceptors (Lipinski definition) is 4. The first-order valence-electron chi connectivity index (χ1n) is 6.96. The Morgan fingerprint density at radius 2 is 2.24 bits per heavy atom. The third-order valence-electron chi connectivity index (χ3n) is 4.16. The van der Waals surface area contributed by atoms with Crippen molar-refractivity contribution in [2.24, 2.45) is 0 Å². The van der Waals surface area contributed by atoms with Crippen molar-refractivity contribution in [2.45, 2.75) is 32.2 Å². The molecule has 0 aromatic carbocycles. The van der Waals surface area contributed by atoms with E-state index in [0.717, 1.165) is 22.6 Å². The maximum absolute atomic E-state index is 11.9. The maximum atomic E-state index is 11.9. The van der Waals surface area contributed by atoms with Gasteiger partial charge < -0.3 is 4.57 Å². The molecule has 5 nitrogen and oxygen atoms in total. The molecule has 7 heteroatoms. The smallest absolute Gasteiger partial charge is 0.160 e. The molecule has 0 saturated carbocycles. The minimum atomic E-state index is -3.00. The van der Waals surface area contributed by atoms with Crippen molar-refractivity contribution in [3.63, 3.8) is 0 Å². The second-order valence-electron chi connectivity index (χ2n) is 5.94. The van der Waals surface area contributed by atoms with Gasteiger partial charge in [-0.05, 0) is 31.9 Å². The molecular formula is C14H18ClN3O2S. The van der Waals surface area contributed by atoms with Gasteiger partial charge >= 0.3 is 0 Å². The molecule has 0 amide bonds. The standard InChI is InChI=1S/C14H18ClN3O2S/c1-10-4-7-16-13-12(10)17-11(3-6-15)18(13)14(2)5-8-21(19,20)9-14/h4,7H,3,5-6,8-9H2,1-2H3. The fraction of sp³-hybridized carbons (Fsp3) is 0.571. The summed E-state index contributed by atoms with van der Waals surface area (Å²) >= 11 is 5.89. The van der Waals surface area contributed by atoms with Gasteiger partial charge in [-0.15, -0.1) is 11.6 Å². The van der Waals surface area contributed by atoms with Crippen molar-refractivity contribution in [1.29, 1.82) is 0 Å². The summed E-state index contributed by atoms with van der Waals surface area (Å²) < 4.78 is 25.9. The molecule has 1 unspecified atom stereocenters. The predicted octanol–water partition coefficient (Wildman–Crippen LogP) is 2.05. The van der Waals surface area contributed by atoms with Gasteiger partial charge in [-0.2, -0.15) is 0 Å². The highest BCUT2D eigenvalue weighted by Gasteiger charge is 2.42. The summed E-state index contributed by atoms with van der Waals surface area (Å²) in [5, 5.41) is 0. The molecule has 0 spiro atoms. The quantitative estimate of drug-likeness (QED) is 0.809. The fourth-order valence-electron chi connectivity index (χ4n) is 3.13. The van der Waals surface area contributed by atoms with E-state index in [0.29, 0.717) is 18.7 Å². The first kappa shape index (κ1) is 14.8. The first-order chi connectivity index (χ1) is 9.86. The van der Waals surface area contributed by atoms with Crippen molar-refractivity contribution >= 4 is 32.6 Å². The molecule has 3 heterocycles. The van der Waals surface area contributed by atoms with Gasteiger partial charge in [0, 0.05) is 18.5 Å². The van der Waals surface area contributed by atoms with E-state index < -0.39 is 15.4 Å². The third-order valence-corrected chi connectivity index (χ3v) is 6.23. The molecule has 114 valence electrons. The minimum absolute atomic E-state index is 0.135. The minimum Gasteiger partial charge on any atom is -0.306 e. The predicted molar refractivity (Wildman–Crippen MR) is 83.6 cm³/mol. The van der Waals surface area contributed by atoms with E-state index in [1.807, 2.05) is 24.5 Å². The molecule has 0 aliphatic carbocycles. The number of alkyl halides is 1. The average molecular weight is 328 g/mol. The number of aromatic nitrogens is 3. The van der Waals surface area contributed by atoms with Gasteiger partial charge in [0.15, 0.2) is 15.5 Å². The molecule has 0 radical (unpaired) electrons. The van der Waals surface area contributed by atoms with Crippen LogP contribution in [0.2, 0.25) is 0 Å². The van der Waals surface area contributed by atoms with Crippen LogP contribution in [0.15, 0.2) is 12.3 Å². The summed E-state index contributed by atoms with van der Waals surface area (Å²) in [4.78, 5) is 9.11. The van der Waals surface area contributed by atoms with Crippen molar-refractivity contribution in [3.05, 3.63) is 23.7 Å². The monoisotopic (exact) mass is 327 g/mol. The number of halogens is 1. The second-order valence-corrected chi connectivity index (χ2v) is 8.50. The lowest BCUT2D eigenvalue weighted by atomic mass is 10.0. The molecule has 3 rings (SSSR count). The van der Waals surface area contributed by atoms with Crippen LogP contribution in [0.25, 0.3) is 11.2 Å². The Morgan fingerprint density at radius 1 is 1.48 bits per heavy atom. The molecule has 1 atom stereocenters. The summed E-state index contributed by atoms with van der Waals surface area (Å²) in [6.07, 6.45) is 2.94. The van der Waals surface area contributed by atoms with E-state index >= 15 is 0 Å². The third kappa shape index (κ3) is 2.44. The number of nitrogens with zero attached hydrogens (tertiary/aromatic N) is 3. The number of sulfone groups is 1. The Bertz CT molecular complexity index is 800. The Hall–Kier alpha value is -1.14. The number of aryl methyl sites for hydroxylation is 2. The van der Waals surface area contributed by atoms with Gasteiger partial charge in [-0.1, -0.05) is 0 Å². The van der Waals surface area contributed by atoms with Crippen molar-refractivity contribution in [3.8, 4) is 0 Å². The Morgan fingerprint density at radius 3 is 2.86 bits per heavy atom. The lowest BCUT2D eigenvalue weighted by Crippen LogP contribution is -2.33. The van der Waals surface area contributed by atoms with Gasteiger partial charge in [-0.3, -0.25) is 0 Å². The lowest BCUT2D eigenvalue weighted by Gasteiger charge is -2.26. The van der Waals surface area contributed by atoms with E-state index in [-0.39, 0.29) is 11.5 Å². The number of fused-ring (bicyclic) bond motifs is 1. The van der Waals surface area contributed by atoms with Crippen molar-refractivity contribution in [1.82, 2.24) is 14.5 Å². The molecule has 0 bridgehead atoms. The van der Waals surface area contributed by atoms with Crippen LogP contribution in [0.3, 0.4) is 0 Å². The molecule has 2 aromatic heterocycles. The summed E-state index contributed by atoms with van der Waals surface area (Å²) in [6.45, 7) is 3.96. The van der Waals surface area contributed by atoms with Gasteiger partial charge in [0.2, 0.25) is 0 Å². The van der Waals surface area contributed by atoms with Crippen LogP contribution in [-0.4, -0.2) is 40.3 Å². The topological polar surface area (TPSA) is 64.8 Å². The number of hydrogen-bond donors (Lipinski definition) is 0. The van der Waals surface area contributed by atoms with Crippen LogP contribution in [0.4, 0.5) is 0 Å². The van der Waals surface area contributed by atoms with E-state index in [4.69, 9.17) is 11.6 Å². The largest absolute Gasteiger partial charge is 0.306 e. The second kappa shape index (κ2) is 4.95. The van der Waals surface area contributed by atoms with Crippen LogP contribution in [0.1, 0.15) is 24.7 Å². The molecule has 1 aliphatic heterocycles. The summed E-state index contributed by atoms with van der Waals surface area (Å²) in [5.41, 5.74) is 2.15. The van der Waals surface area contributed by atoms with E-state index in [1.54, 1.807) is 6.20 Å². The van der Waals surface area contributed by atoms with Gasteiger partial charge in [0.05, 0.1) is 17.0 Å². The average Bonchev–Trinajstić information content (AvgIpc) is 2.89. The highest BCUT2D eigenvalue weighted by atomic mass is 35.5. The summed E-state index contributed by atoms with van der Waals surface area (Å²) in [7, 11) is -3.00. The lowest BCUT2D eigenvalue weighted by molar-refractivity contribution is 0.363. The number of imidazole rings is 1. The molecule has 0 N–H and O–H groups in total. The number of rotatable bonds is 3. The zero-order valence-corrected chi connectivity index (χ0v) is 13.7. The fourth-order valence-corrected chi connectivity index (χ4v) is 5.41. The number of pyridine rings is 1. The molecule has 1 fully saturated rings. The Kier molecular flexibility index (Phi) is 3.48. The van der Waals surface area contributed by atoms with Crippen LogP contribution in [0.5, 0.6) is 0 Å². The highest BCUT2D eigenvalue weighted by Crippen LogP contribution is 2.35. The zero-order chi connectivity index (χ0) is 15.3. The van der Waals surface area contributed by atoms with Gasteiger partial charge in [0.25, 0.3) is 0 Å². The summed E-state index contributed by atoms with van der Waals surface area (Å²) in [6, 6.07) is 1.91. The molecule has 2 aromatic rings. The maximum Gasteiger partial charge on any atom is 0.160 e. The first-order valence-corrected chi connectivity index (χ1v) is 9.32. The van der Waals surface area contributed by atoms with Crippen molar-refractivity contribution in [2.75, 3.05) is 17.4 Å². The summed E-state index contributed by atoms with van der Waals surface area (Å²) in [5.74, 6) is 1.62. The van der Waals surface area contributed by atoms with Crippen molar-refractivity contribution < 1.29 is 8.42 Å². The van der Waals surface area contributed by atoms with Crippen LogP contribution < -0.4 is 0 Å². The van der Waals surface area contributed by atoms with Crippen LogP contribution in [0, 0.1) is 6.92 Å². The zero-order valence-electron chi connectivity index (χ0n) is 12.1. The Labute approximate surface area is 129 Å². The van der Waals surface area contributed by atoms with Gasteiger partial charge in [0.1, 0.15) is 11.3 Å². The molecular weight excluding hydrogens is 310 g/mol. The normalized spacial score (nSPS) is 24.7. The molecule has 21 heavy (non-hydrogen) atoms. The van der Waals surface area contributed by atoms with Gasteiger partial charge in [-0.25, -0.2) is 18.4 Å². The Balaban J connectivity index is 2.25. The van der Waals surface area contributed by atoms with E-state index in [1.165, 1.54) is 0 Å². The molecule has 1 saturated heterocycles. The van der Waals surface area contributed by atoms with E-state index in [9.17, 15) is 8.42 Å². The highest BCUT2D eigenvalue weighted by molar-refractivity contribution is 7.91. The van der Waals surface area contributed by atoms with E-state index in [2.05, 4.69) is 9.97 Å². The van der Waals surface area contributed by atoms with Crippen LogP contribution >= 0.6 is 11.6 Å². The molecule has 1 aliphatic rings. The van der Waals surface area contributed by atoms with Crippen LogP contribution in [-0.2, 0) is 21.8 Å².